The molecule has 0 amide bonds. The number of unbranched alkanes of at least 4 members (excludes halogenated alkanes) is 2. The fraction of sp³-hybridized carbons (Fsp3) is 0.650. The third-order valence-electron chi connectivity index (χ3n) is 4.89. The van der Waals surface area contributed by atoms with Gasteiger partial charge in [-0.1, -0.05) is 77.9 Å². The Bertz CT molecular complexity index is 450. The van der Waals surface area contributed by atoms with Crippen LogP contribution >= 0.6 is 15.9 Å². The van der Waals surface area contributed by atoms with E-state index < -0.39 is 11.4 Å². The number of rotatable bonds is 9. The molecule has 1 aliphatic carbocycles. The number of hydrogen-bond donors (Lipinski definition) is 1. The van der Waals surface area contributed by atoms with Gasteiger partial charge < -0.3 is 5.11 Å². The smallest absolute Gasteiger partial charge is 0.309 e. The van der Waals surface area contributed by atoms with Crippen molar-refractivity contribution in [1.29, 1.82) is 0 Å². The molecule has 0 aromatic carbocycles. The van der Waals surface area contributed by atoms with Crippen LogP contribution in [0.2, 0.25) is 0 Å². The van der Waals surface area contributed by atoms with E-state index in [4.69, 9.17) is 0 Å². The summed E-state index contributed by atoms with van der Waals surface area (Å²) in [4.78, 5) is 11.6. The highest BCUT2D eigenvalue weighted by molar-refractivity contribution is 9.11. The molecule has 0 radical (unpaired) electrons. The van der Waals surface area contributed by atoms with Crippen LogP contribution in [0.15, 0.2) is 34.4 Å². The van der Waals surface area contributed by atoms with Crippen LogP contribution in [0.25, 0.3) is 0 Å². The lowest BCUT2D eigenvalue weighted by Crippen LogP contribution is -2.33. The zero-order valence-corrected chi connectivity index (χ0v) is 16.2. The molecule has 0 bridgehead atoms. The molecule has 0 spiro atoms. The molecular formula is C20H31BrO2. The average molecular weight is 383 g/mol. The monoisotopic (exact) mass is 382 g/mol. The third kappa shape index (κ3) is 7.52. The number of carboxylic acids is 1. The summed E-state index contributed by atoms with van der Waals surface area (Å²) in [5.74, 6) is -0.564. The van der Waals surface area contributed by atoms with Crippen LogP contribution in [0, 0.1) is 5.41 Å². The summed E-state index contributed by atoms with van der Waals surface area (Å²) in [5.41, 5.74) is 0.931. The highest BCUT2D eigenvalue weighted by Gasteiger charge is 2.38. The number of aliphatic carboxylic acids is 1. The molecule has 1 aliphatic rings. The van der Waals surface area contributed by atoms with Crippen LogP contribution in [-0.2, 0) is 4.79 Å². The molecule has 130 valence electrons. The third-order valence-corrected chi connectivity index (χ3v) is 5.16. The van der Waals surface area contributed by atoms with Gasteiger partial charge >= 0.3 is 5.97 Å². The van der Waals surface area contributed by atoms with Crippen molar-refractivity contribution in [3.63, 3.8) is 0 Å². The normalized spacial score (nSPS) is 19.3. The van der Waals surface area contributed by atoms with E-state index in [2.05, 4.69) is 41.1 Å². The highest BCUT2D eigenvalue weighted by atomic mass is 79.9. The molecule has 0 aromatic heterocycles. The van der Waals surface area contributed by atoms with Crippen LogP contribution < -0.4 is 0 Å². The van der Waals surface area contributed by atoms with Crippen molar-refractivity contribution in [3.8, 4) is 0 Å². The predicted octanol–water partition coefficient (Wildman–Crippen LogP) is 6.77. The summed E-state index contributed by atoms with van der Waals surface area (Å²) < 4.78 is 1.12. The Kier molecular flexibility index (Phi) is 9.54. The first-order chi connectivity index (χ1) is 11.0. The van der Waals surface area contributed by atoms with Crippen LogP contribution in [0.4, 0.5) is 0 Å². The lowest BCUT2D eigenvalue weighted by Gasteiger charge is -2.33. The maximum Gasteiger partial charge on any atom is 0.309 e. The lowest BCUT2D eigenvalue weighted by molar-refractivity contribution is -0.151. The number of carbonyl (C=O) groups is 1. The molecule has 1 N–H and O–H groups in total. The van der Waals surface area contributed by atoms with Gasteiger partial charge in [0.2, 0.25) is 0 Å². The topological polar surface area (TPSA) is 37.3 Å². The summed E-state index contributed by atoms with van der Waals surface area (Å²) in [6, 6.07) is 0. The van der Waals surface area contributed by atoms with Crippen LogP contribution in [0.1, 0.15) is 78.1 Å². The van der Waals surface area contributed by atoms with Crippen LogP contribution in [-0.4, -0.2) is 11.1 Å². The molecular weight excluding hydrogens is 352 g/mol. The van der Waals surface area contributed by atoms with E-state index in [0.717, 1.165) is 62.3 Å². The molecule has 3 heteroatoms. The maximum absolute atomic E-state index is 11.6. The second-order valence-electron chi connectivity index (χ2n) is 6.68. The van der Waals surface area contributed by atoms with Gasteiger partial charge in [0, 0.05) is 0 Å². The first-order valence-electron chi connectivity index (χ1n) is 8.89. The molecule has 0 aromatic rings. The number of allylic oxidation sites excluding steroid dienone is 6. The van der Waals surface area contributed by atoms with E-state index in [1.165, 1.54) is 12.0 Å². The van der Waals surface area contributed by atoms with Gasteiger partial charge in [-0.3, -0.25) is 4.79 Å². The van der Waals surface area contributed by atoms with Crippen LogP contribution in [0.3, 0.4) is 0 Å². The van der Waals surface area contributed by atoms with Gasteiger partial charge in [0.1, 0.15) is 0 Å². The summed E-state index contributed by atoms with van der Waals surface area (Å²) in [7, 11) is 0. The Balaban J connectivity index is 2.32. The molecule has 0 saturated heterocycles. The van der Waals surface area contributed by atoms with Crippen molar-refractivity contribution >= 4 is 21.9 Å². The van der Waals surface area contributed by atoms with E-state index in [1.807, 2.05) is 13.0 Å². The predicted molar refractivity (Wildman–Crippen MR) is 102 cm³/mol. The van der Waals surface area contributed by atoms with E-state index >= 15 is 0 Å². The SMILES string of the molecule is CC=C(/C=C\C=C(/C)Br)CCCCCC1(C(=O)O)CCCCC1. The molecule has 1 rings (SSSR count). The fourth-order valence-corrected chi connectivity index (χ4v) is 3.55. The zero-order chi connectivity index (χ0) is 17.1. The second-order valence-corrected chi connectivity index (χ2v) is 7.93. The van der Waals surface area contributed by atoms with E-state index in [1.54, 1.807) is 0 Å². The van der Waals surface area contributed by atoms with Crippen molar-refractivity contribution in [2.45, 2.75) is 78.1 Å². The van der Waals surface area contributed by atoms with Crippen molar-refractivity contribution < 1.29 is 9.90 Å². The quantitative estimate of drug-likeness (QED) is 0.352. The minimum absolute atomic E-state index is 0.417. The molecule has 1 fully saturated rings. The van der Waals surface area contributed by atoms with Gasteiger partial charge in [0.05, 0.1) is 5.41 Å². The van der Waals surface area contributed by atoms with E-state index in [9.17, 15) is 9.90 Å². The minimum atomic E-state index is -0.564. The second kappa shape index (κ2) is 10.9. The Morgan fingerprint density at radius 1 is 1.17 bits per heavy atom. The molecule has 0 aliphatic heterocycles. The van der Waals surface area contributed by atoms with Gasteiger partial charge in [-0.2, -0.15) is 0 Å². The Morgan fingerprint density at radius 2 is 1.87 bits per heavy atom. The van der Waals surface area contributed by atoms with Gasteiger partial charge in [-0.15, -0.1) is 0 Å². The highest BCUT2D eigenvalue weighted by Crippen LogP contribution is 2.41. The van der Waals surface area contributed by atoms with Gasteiger partial charge in [0.15, 0.2) is 0 Å². The molecule has 1 saturated carbocycles. The number of carboxylic acid groups (broad SMARTS) is 1. The Labute approximate surface area is 149 Å². The maximum atomic E-state index is 11.6. The molecule has 0 atom stereocenters. The Morgan fingerprint density at radius 3 is 2.43 bits per heavy atom. The fourth-order valence-electron chi connectivity index (χ4n) is 3.40. The summed E-state index contributed by atoms with van der Waals surface area (Å²) in [6.07, 6.45) is 18.8. The number of hydrogen-bond acceptors (Lipinski definition) is 1. The van der Waals surface area contributed by atoms with Crippen LogP contribution in [0.5, 0.6) is 0 Å². The summed E-state index contributed by atoms with van der Waals surface area (Å²) in [6.45, 7) is 4.09. The summed E-state index contributed by atoms with van der Waals surface area (Å²) in [5, 5.41) is 9.59. The Hall–Kier alpha value is -0.830. The minimum Gasteiger partial charge on any atom is -0.481 e. The summed E-state index contributed by atoms with van der Waals surface area (Å²) >= 11 is 3.42. The molecule has 23 heavy (non-hydrogen) atoms. The van der Waals surface area contributed by atoms with Crippen molar-refractivity contribution in [2.75, 3.05) is 0 Å². The molecule has 2 nitrogen and oxygen atoms in total. The average Bonchev–Trinajstić information content (AvgIpc) is 2.53. The van der Waals surface area contributed by atoms with E-state index in [-0.39, 0.29) is 0 Å². The lowest BCUT2D eigenvalue weighted by atomic mass is 9.71. The van der Waals surface area contributed by atoms with E-state index in [0.29, 0.717) is 0 Å². The van der Waals surface area contributed by atoms with Crippen molar-refractivity contribution in [3.05, 3.63) is 34.4 Å². The zero-order valence-electron chi connectivity index (χ0n) is 14.6. The van der Waals surface area contributed by atoms with Crippen molar-refractivity contribution in [1.82, 2.24) is 0 Å². The van der Waals surface area contributed by atoms with Gasteiger partial charge in [-0.25, -0.2) is 0 Å². The molecule has 0 unspecified atom stereocenters. The molecule has 0 heterocycles. The first-order valence-corrected chi connectivity index (χ1v) is 9.68. The van der Waals surface area contributed by atoms with Gasteiger partial charge in [-0.05, 0) is 50.4 Å². The number of halogens is 1. The van der Waals surface area contributed by atoms with Crippen molar-refractivity contribution in [2.24, 2.45) is 5.41 Å². The van der Waals surface area contributed by atoms with Gasteiger partial charge in [0.25, 0.3) is 0 Å². The first kappa shape index (κ1) is 20.2. The largest absolute Gasteiger partial charge is 0.481 e. The standard InChI is InChI=1S/C20H31BrO2/c1-3-18(13-10-11-17(2)21)12-6-4-7-14-20(19(22)23)15-8-5-9-16-20/h3,10-11,13H,4-9,12,14-16H2,1-2H3,(H,22,23)/b13-10-,17-11+,18-3?.